The van der Waals surface area contributed by atoms with Crippen LogP contribution in [0.15, 0.2) is 30.6 Å². The summed E-state index contributed by atoms with van der Waals surface area (Å²) in [7, 11) is 0. The van der Waals surface area contributed by atoms with E-state index in [2.05, 4.69) is 20.3 Å². The summed E-state index contributed by atoms with van der Waals surface area (Å²) < 4.78 is 13.3. The van der Waals surface area contributed by atoms with Gasteiger partial charge in [0.15, 0.2) is 17.0 Å². The molecule has 1 N–H and O–H groups in total. The third kappa shape index (κ3) is 3.45. The highest BCUT2D eigenvalue weighted by Crippen LogP contribution is 2.30. The number of halogens is 1. The Kier molecular flexibility index (Phi) is 4.90. The normalized spacial score (nSPS) is 17.4. The first-order chi connectivity index (χ1) is 12.7. The van der Waals surface area contributed by atoms with Gasteiger partial charge in [-0.3, -0.25) is 4.57 Å². The minimum atomic E-state index is -0.0574. The fourth-order valence-electron chi connectivity index (χ4n) is 3.07. The molecule has 26 heavy (non-hydrogen) atoms. The summed E-state index contributed by atoms with van der Waals surface area (Å²) in [6.45, 7) is 3.34. The van der Waals surface area contributed by atoms with Crippen LogP contribution in [0.1, 0.15) is 32.4 Å². The molecule has 1 aliphatic rings. The van der Waals surface area contributed by atoms with E-state index in [4.69, 9.17) is 21.1 Å². The molecular formula is C18H20ClN5O2. The Balaban J connectivity index is 1.65. The molecule has 0 amide bonds. The second kappa shape index (κ2) is 7.47. The summed E-state index contributed by atoms with van der Waals surface area (Å²) in [5.74, 6) is 1.39. The zero-order valence-electron chi connectivity index (χ0n) is 14.5. The summed E-state index contributed by atoms with van der Waals surface area (Å²) in [6, 6.07) is 7.66. The largest absolute Gasteiger partial charge is 0.494 e. The number of benzene rings is 1. The second-order valence-corrected chi connectivity index (χ2v) is 6.41. The number of hydrogen-bond donors (Lipinski definition) is 1. The van der Waals surface area contributed by atoms with Gasteiger partial charge in [-0.2, -0.15) is 9.97 Å². The number of rotatable bonds is 5. The number of imidazole rings is 1. The number of ether oxygens (including phenoxy) is 2. The molecule has 0 saturated carbocycles. The first-order valence-electron chi connectivity index (χ1n) is 8.76. The van der Waals surface area contributed by atoms with Crippen molar-refractivity contribution in [3.05, 3.63) is 35.9 Å². The Morgan fingerprint density at radius 1 is 1.27 bits per heavy atom. The number of aromatic nitrogens is 4. The second-order valence-electron chi connectivity index (χ2n) is 6.07. The van der Waals surface area contributed by atoms with Crippen molar-refractivity contribution in [3.63, 3.8) is 0 Å². The van der Waals surface area contributed by atoms with Crippen molar-refractivity contribution < 1.29 is 9.47 Å². The average molecular weight is 374 g/mol. The van der Waals surface area contributed by atoms with Crippen LogP contribution in [-0.4, -0.2) is 32.7 Å². The third-order valence-corrected chi connectivity index (χ3v) is 4.46. The Labute approximate surface area is 156 Å². The van der Waals surface area contributed by atoms with Gasteiger partial charge in [0.1, 0.15) is 12.0 Å². The maximum Gasteiger partial charge on any atom is 0.226 e. The summed E-state index contributed by atoms with van der Waals surface area (Å²) in [6.07, 6.45) is 4.84. The minimum Gasteiger partial charge on any atom is -0.494 e. The summed E-state index contributed by atoms with van der Waals surface area (Å²) in [4.78, 5) is 13.2. The molecule has 1 aromatic carbocycles. The Bertz CT molecular complexity index is 890. The third-order valence-electron chi connectivity index (χ3n) is 4.29. The number of hydrogen-bond acceptors (Lipinski definition) is 6. The quantitative estimate of drug-likeness (QED) is 0.671. The van der Waals surface area contributed by atoms with Crippen LogP contribution < -0.4 is 10.1 Å². The molecule has 3 aromatic rings. The van der Waals surface area contributed by atoms with Crippen molar-refractivity contribution in [2.45, 2.75) is 32.4 Å². The Morgan fingerprint density at radius 2 is 2.12 bits per heavy atom. The van der Waals surface area contributed by atoms with Crippen LogP contribution in [0.3, 0.4) is 0 Å². The molecule has 0 bridgehead atoms. The monoisotopic (exact) mass is 373 g/mol. The van der Waals surface area contributed by atoms with Crippen LogP contribution in [0.4, 0.5) is 11.5 Å². The van der Waals surface area contributed by atoms with Gasteiger partial charge >= 0.3 is 0 Å². The van der Waals surface area contributed by atoms with E-state index in [0.29, 0.717) is 23.6 Å². The molecule has 136 valence electrons. The van der Waals surface area contributed by atoms with Gasteiger partial charge in [-0.1, -0.05) is 0 Å². The van der Waals surface area contributed by atoms with Crippen LogP contribution in [0.2, 0.25) is 5.28 Å². The van der Waals surface area contributed by atoms with Gasteiger partial charge in [0.2, 0.25) is 5.28 Å². The molecule has 0 aliphatic carbocycles. The van der Waals surface area contributed by atoms with Gasteiger partial charge in [0.25, 0.3) is 0 Å². The van der Waals surface area contributed by atoms with E-state index in [9.17, 15) is 0 Å². The molecular weight excluding hydrogens is 354 g/mol. The highest BCUT2D eigenvalue weighted by atomic mass is 35.5. The molecule has 2 aromatic heterocycles. The number of nitrogens with one attached hydrogen (secondary N) is 1. The Hall–Kier alpha value is -2.38. The highest BCUT2D eigenvalue weighted by molar-refractivity contribution is 6.28. The first-order valence-corrected chi connectivity index (χ1v) is 9.14. The lowest BCUT2D eigenvalue weighted by Crippen LogP contribution is -2.17. The zero-order chi connectivity index (χ0) is 17.9. The smallest absolute Gasteiger partial charge is 0.226 e. The standard InChI is InChI=1S/C18H20ClN5O2/c1-2-25-13-8-6-12(7-9-13)21-16-15-17(23-18(19)22-16)24(11-20-15)14-5-3-4-10-26-14/h6-9,11,14H,2-5,10H2,1H3,(H,21,22,23). The van der Waals surface area contributed by atoms with Crippen molar-refractivity contribution in [2.75, 3.05) is 18.5 Å². The predicted octanol–water partition coefficient (Wildman–Crippen LogP) is 4.32. The van der Waals surface area contributed by atoms with Crippen LogP contribution >= 0.6 is 11.6 Å². The van der Waals surface area contributed by atoms with Crippen molar-refractivity contribution in [1.82, 2.24) is 19.5 Å². The number of nitrogens with zero attached hydrogens (tertiary/aromatic N) is 4. The van der Waals surface area contributed by atoms with E-state index in [1.165, 1.54) is 0 Å². The molecule has 7 nitrogen and oxygen atoms in total. The number of fused-ring (bicyclic) bond motifs is 1. The van der Waals surface area contributed by atoms with Crippen LogP contribution in [0.5, 0.6) is 5.75 Å². The fourth-order valence-corrected chi connectivity index (χ4v) is 3.23. The van der Waals surface area contributed by atoms with Crippen molar-refractivity contribution in [1.29, 1.82) is 0 Å². The molecule has 1 unspecified atom stereocenters. The fraction of sp³-hybridized carbons (Fsp3) is 0.389. The van der Waals surface area contributed by atoms with E-state index < -0.39 is 0 Å². The zero-order valence-corrected chi connectivity index (χ0v) is 15.2. The molecule has 0 spiro atoms. The van der Waals surface area contributed by atoms with Gasteiger partial charge < -0.3 is 14.8 Å². The maximum absolute atomic E-state index is 6.16. The lowest BCUT2D eigenvalue weighted by Gasteiger charge is -2.23. The maximum atomic E-state index is 6.16. The summed E-state index contributed by atoms with van der Waals surface area (Å²) in [5, 5.41) is 3.44. The first kappa shape index (κ1) is 17.1. The molecule has 0 radical (unpaired) electrons. The van der Waals surface area contributed by atoms with Gasteiger partial charge in [-0.25, -0.2) is 4.98 Å². The molecule has 1 atom stereocenters. The lowest BCUT2D eigenvalue weighted by atomic mass is 10.2. The van der Waals surface area contributed by atoms with E-state index in [1.807, 2.05) is 35.8 Å². The van der Waals surface area contributed by atoms with Crippen LogP contribution in [0, 0.1) is 0 Å². The van der Waals surface area contributed by atoms with Gasteiger partial charge in [-0.15, -0.1) is 0 Å². The topological polar surface area (TPSA) is 74.1 Å². The van der Waals surface area contributed by atoms with E-state index in [0.717, 1.165) is 37.3 Å². The van der Waals surface area contributed by atoms with Crippen LogP contribution in [0.25, 0.3) is 11.2 Å². The van der Waals surface area contributed by atoms with Gasteiger partial charge in [0, 0.05) is 12.3 Å². The SMILES string of the molecule is CCOc1ccc(Nc2nc(Cl)nc3c2ncn3C2CCCCO2)cc1. The Morgan fingerprint density at radius 3 is 2.85 bits per heavy atom. The van der Waals surface area contributed by atoms with Gasteiger partial charge in [-0.05, 0) is 62.1 Å². The summed E-state index contributed by atoms with van der Waals surface area (Å²) >= 11 is 6.16. The molecule has 8 heteroatoms. The lowest BCUT2D eigenvalue weighted by molar-refractivity contribution is -0.0298. The molecule has 4 rings (SSSR count). The molecule has 1 fully saturated rings. The van der Waals surface area contributed by atoms with E-state index in [1.54, 1.807) is 6.33 Å². The highest BCUT2D eigenvalue weighted by Gasteiger charge is 2.21. The van der Waals surface area contributed by atoms with Crippen LogP contribution in [-0.2, 0) is 4.74 Å². The predicted molar refractivity (Wildman–Crippen MR) is 100 cm³/mol. The van der Waals surface area contributed by atoms with E-state index in [-0.39, 0.29) is 11.5 Å². The van der Waals surface area contributed by atoms with Gasteiger partial charge in [0.05, 0.1) is 12.9 Å². The number of anilines is 2. The van der Waals surface area contributed by atoms with Crippen molar-refractivity contribution in [3.8, 4) is 5.75 Å². The van der Waals surface area contributed by atoms with E-state index >= 15 is 0 Å². The molecule has 3 heterocycles. The molecule has 1 saturated heterocycles. The average Bonchev–Trinajstić information content (AvgIpc) is 3.08. The molecule has 1 aliphatic heterocycles. The van der Waals surface area contributed by atoms with Crippen molar-refractivity contribution in [2.24, 2.45) is 0 Å². The summed E-state index contributed by atoms with van der Waals surface area (Å²) in [5.41, 5.74) is 2.20. The minimum absolute atomic E-state index is 0.0574. The van der Waals surface area contributed by atoms with Crippen molar-refractivity contribution >= 4 is 34.3 Å².